The largest absolute Gasteiger partial charge is 0.358 e. The Hall–Kier alpha value is -3.19. The molecule has 32 heavy (non-hydrogen) atoms. The highest BCUT2D eigenvalue weighted by molar-refractivity contribution is 6.35. The molecule has 7 heteroatoms. The first kappa shape index (κ1) is 22.0. The average Bonchev–Trinajstić information content (AvgIpc) is 3.26. The lowest BCUT2D eigenvalue weighted by atomic mass is 10.0. The molecule has 0 unspecified atom stereocenters. The Bertz CT molecular complexity index is 1120. The zero-order valence-electron chi connectivity index (χ0n) is 19.3. The van der Waals surface area contributed by atoms with Crippen molar-refractivity contribution in [3.8, 4) is 0 Å². The lowest BCUT2D eigenvalue weighted by Crippen LogP contribution is -2.42. The topological polar surface area (TPSA) is 81.3 Å². The van der Waals surface area contributed by atoms with Crippen molar-refractivity contribution in [1.82, 2.24) is 19.8 Å². The van der Waals surface area contributed by atoms with Crippen LogP contribution in [-0.4, -0.2) is 64.3 Å². The number of nitrogens with zero attached hydrogens (tertiary/aromatic N) is 3. The Morgan fingerprint density at radius 3 is 2.75 bits per heavy atom. The van der Waals surface area contributed by atoms with E-state index in [0.717, 1.165) is 71.9 Å². The number of aromatic nitrogens is 2. The third-order valence-electron chi connectivity index (χ3n) is 6.49. The molecular formula is C25H31N5O2. The van der Waals surface area contributed by atoms with E-state index in [1.807, 2.05) is 30.9 Å². The highest BCUT2D eigenvalue weighted by atomic mass is 16.2. The van der Waals surface area contributed by atoms with Crippen LogP contribution in [0.25, 0.3) is 17.2 Å². The monoisotopic (exact) mass is 433 g/mol. The minimum absolute atomic E-state index is 0.0712. The van der Waals surface area contributed by atoms with Gasteiger partial charge in [0.1, 0.15) is 0 Å². The molecule has 7 nitrogen and oxygen atoms in total. The summed E-state index contributed by atoms with van der Waals surface area (Å²) in [7, 11) is 0. The lowest BCUT2D eigenvalue weighted by molar-refractivity contribution is -0.110. The van der Waals surface area contributed by atoms with Gasteiger partial charge in [0, 0.05) is 43.0 Å². The maximum atomic E-state index is 13.2. The van der Waals surface area contributed by atoms with E-state index in [1.165, 1.54) is 0 Å². The van der Waals surface area contributed by atoms with E-state index in [0.29, 0.717) is 17.8 Å². The number of allylic oxidation sites excluding steroid dienone is 1. The number of aromatic amines is 1. The number of anilines is 1. The van der Waals surface area contributed by atoms with Gasteiger partial charge in [-0.25, -0.2) is 0 Å². The molecule has 2 aromatic rings. The maximum absolute atomic E-state index is 13.2. The molecular weight excluding hydrogens is 402 g/mol. The number of H-pyrrole nitrogens is 1. The SMILES string of the molecule is C=C(C)c1cc2c(cn1)NC(=O)/C2=C\c1[nH]c2c(c1C)C(=O)N(CCN(CC)CC)CC2. The number of carbonyl (C=O) groups excluding carboxylic acids is 2. The third kappa shape index (κ3) is 3.88. The summed E-state index contributed by atoms with van der Waals surface area (Å²) in [5.74, 6) is -0.0957. The first-order valence-corrected chi connectivity index (χ1v) is 11.3. The van der Waals surface area contributed by atoms with Gasteiger partial charge in [-0.2, -0.15) is 0 Å². The lowest BCUT2D eigenvalue weighted by Gasteiger charge is -2.29. The molecule has 4 rings (SSSR count). The van der Waals surface area contributed by atoms with Gasteiger partial charge in [-0.05, 0) is 50.2 Å². The van der Waals surface area contributed by atoms with Crippen LogP contribution in [0, 0.1) is 6.92 Å². The highest BCUT2D eigenvalue weighted by Gasteiger charge is 2.30. The Kier molecular flexibility index (Phi) is 6.02. The van der Waals surface area contributed by atoms with Crippen molar-refractivity contribution in [2.24, 2.45) is 0 Å². The molecule has 2 aromatic heterocycles. The molecule has 0 saturated heterocycles. The predicted molar refractivity (Wildman–Crippen MR) is 128 cm³/mol. The van der Waals surface area contributed by atoms with Crippen molar-refractivity contribution < 1.29 is 9.59 Å². The summed E-state index contributed by atoms with van der Waals surface area (Å²) in [6.45, 7) is 16.4. The quantitative estimate of drug-likeness (QED) is 0.654. The molecule has 0 spiro atoms. The second-order valence-corrected chi connectivity index (χ2v) is 8.49. The number of likely N-dealkylation sites (N-methyl/N-ethyl adjacent to an activating group) is 1. The molecule has 4 heterocycles. The smallest absolute Gasteiger partial charge is 0.256 e. The molecule has 0 fully saturated rings. The average molecular weight is 434 g/mol. The number of hydrogen-bond acceptors (Lipinski definition) is 4. The van der Waals surface area contributed by atoms with E-state index in [9.17, 15) is 9.59 Å². The summed E-state index contributed by atoms with van der Waals surface area (Å²) in [5, 5.41) is 2.88. The number of rotatable bonds is 7. The van der Waals surface area contributed by atoms with Crippen LogP contribution in [0.15, 0.2) is 18.8 Å². The van der Waals surface area contributed by atoms with Crippen LogP contribution < -0.4 is 5.32 Å². The van der Waals surface area contributed by atoms with E-state index >= 15 is 0 Å². The predicted octanol–water partition coefficient (Wildman–Crippen LogP) is 3.58. The minimum Gasteiger partial charge on any atom is -0.358 e. The van der Waals surface area contributed by atoms with Gasteiger partial charge in [0.05, 0.1) is 28.7 Å². The summed E-state index contributed by atoms with van der Waals surface area (Å²) in [4.78, 5) is 37.9. The zero-order chi connectivity index (χ0) is 23.0. The Morgan fingerprint density at radius 1 is 1.31 bits per heavy atom. The van der Waals surface area contributed by atoms with Crippen molar-refractivity contribution >= 4 is 34.7 Å². The van der Waals surface area contributed by atoms with E-state index in [4.69, 9.17) is 0 Å². The summed E-state index contributed by atoms with van der Waals surface area (Å²) in [6.07, 6.45) is 4.31. The number of nitrogens with one attached hydrogen (secondary N) is 2. The number of hydrogen-bond donors (Lipinski definition) is 2. The van der Waals surface area contributed by atoms with Crippen LogP contribution in [-0.2, 0) is 11.2 Å². The van der Waals surface area contributed by atoms with Gasteiger partial charge in [0.25, 0.3) is 11.8 Å². The van der Waals surface area contributed by atoms with Gasteiger partial charge in [-0.3, -0.25) is 14.6 Å². The molecule has 2 aliphatic rings. The minimum atomic E-state index is -0.167. The van der Waals surface area contributed by atoms with Gasteiger partial charge in [-0.15, -0.1) is 0 Å². The summed E-state index contributed by atoms with van der Waals surface area (Å²) >= 11 is 0. The normalized spacial score (nSPS) is 16.5. The summed E-state index contributed by atoms with van der Waals surface area (Å²) < 4.78 is 0. The molecule has 0 radical (unpaired) electrons. The van der Waals surface area contributed by atoms with Crippen LogP contribution >= 0.6 is 0 Å². The number of carbonyl (C=O) groups is 2. The molecule has 2 amide bonds. The first-order valence-electron chi connectivity index (χ1n) is 11.3. The highest BCUT2D eigenvalue weighted by Crippen LogP contribution is 2.35. The molecule has 2 N–H and O–H groups in total. The van der Waals surface area contributed by atoms with Crippen LogP contribution in [0.4, 0.5) is 5.69 Å². The van der Waals surface area contributed by atoms with Crippen molar-refractivity contribution in [2.75, 3.05) is 38.0 Å². The molecule has 168 valence electrons. The number of pyridine rings is 1. The maximum Gasteiger partial charge on any atom is 0.256 e. The summed E-state index contributed by atoms with van der Waals surface area (Å²) in [5.41, 5.74) is 7.06. The third-order valence-corrected chi connectivity index (χ3v) is 6.49. The van der Waals surface area contributed by atoms with E-state index in [2.05, 4.69) is 40.6 Å². The van der Waals surface area contributed by atoms with Crippen LogP contribution in [0.2, 0.25) is 0 Å². The number of amides is 2. The Labute approximate surface area is 189 Å². The first-order chi connectivity index (χ1) is 15.3. The van der Waals surface area contributed by atoms with Gasteiger partial charge in [-0.1, -0.05) is 20.4 Å². The zero-order valence-corrected chi connectivity index (χ0v) is 19.3. The van der Waals surface area contributed by atoms with E-state index < -0.39 is 0 Å². The van der Waals surface area contributed by atoms with Crippen LogP contribution in [0.5, 0.6) is 0 Å². The molecule has 0 atom stereocenters. The second kappa shape index (κ2) is 8.74. The fourth-order valence-corrected chi connectivity index (χ4v) is 4.43. The fourth-order valence-electron chi connectivity index (χ4n) is 4.43. The molecule has 0 aliphatic carbocycles. The molecule has 0 saturated carbocycles. The van der Waals surface area contributed by atoms with Crippen LogP contribution in [0.3, 0.4) is 0 Å². The van der Waals surface area contributed by atoms with Crippen molar-refractivity contribution in [3.63, 3.8) is 0 Å². The van der Waals surface area contributed by atoms with Gasteiger partial charge < -0.3 is 20.1 Å². The van der Waals surface area contributed by atoms with E-state index in [-0.39, 0.29) is 11.8 Å². The fraction of sp³-hybridized carbons (Fsp3) is 0.400. The number of fused-ring (bicyclic) bond motifs is 2. The van der Waals surface area contributed by atoms with Gasteiger partial charge in [0.2, 0.25) is 0 Å². The Balaban J connectivity index is 1.64. The standard InChI is InChI=1S/C25H31N5O2/c1-6-29(7-2)10-11-30-9-8-19-23(25(30)32)16(5)21(27-19)13-18-17-12-20(15(3)4)26-14-22(17)28-24(18)31/h12-14,27H,3,6-11H2,1-2,4-5H3,(H,28,31)/b18-13-. The van der Waals surface area contributed by atoms with E-state index in [1.54, 1.807) is 6.20 Å². The van der Waals surface area contributed by atoms with Crippen molar-refractivity contribution in [2.45, 2.75) is 34.1 Å². The Morgan fingerprint density at radius 2 is 2.06 bits per heavy atom. The summed E-state index contributed by atoms with van der Waals surface area (Å²) in [6, 6.07) is 1.89. The van der Waals surface area contributed by atoms with Crippen molar-refractivity contribution in [1.29, 1.82) is 0 Å². The van der Waals surface area contributed by atoms with Gasteiger partial charge in [0.15, 0.2) is 0 Å². The molecule has 0 aromatic carbocycles. The second-order valence-electron chi connectivity index (χ2n) is 8.49. The van der Waals surface area contributed by atoms with Gasteiger partial charge >= 0.3 is 0 Å². The van der Waals surface area contributed by atoms with Crippen LogP contribution in [0.1, 0.15) is 59.3 Å². The molecule has 2 aliphatic heterocycles. The van der Waals surface area contributed by atoms with Crippen molar-refractivity contribution in [3.05, 3.63) is 52.6 Å². The molecule has 0 bridgehead atoms.